The second-order valence-corrected chi connectivity index (χ2v) is 5.23. The molecular weight excluding hydrogens is 178 g/mol. The molecule has 0 bridgehead atoms. The van der Waals surface area contributed by atoms with Crippen LogP contribution >= 0.6 is 11.3 Å². The molecule has 1 aliphatic heterocycles. The highest BCUT2D eigenvalue weighted by molar-refractivity contribution is 7.10. The van der Waals surface area contributed by atoms with Crippen molar-refractivity contribution in [2.75, 3.05) is 0 Å². The Morgan fingerprint density at radius 1 is 1.31 bits per heavy atom. The molecule has 1 nitrogen and oxygen atoms in total. The summed E-state index contributed by atoms with van der Waals surface area (Å²) >= 11 is 1.93. The Bertz CT molecular complexity index is 278. The van der Waals surface area contributed by atoms with Crippen LogP contribution in [-0.4, -0.2) is 6.04 Å². The maximum Gasteiger partial charge on any atom is 0.0219 e. The molecule has 1 aromatic rings. The van der Waals surface area contributed by atoms with Gasteiger partial charge in [0, 0.05) is 17.5 Å². The smallest absolute Gasteiger partial charge is 0.0219 e. The standard InChI is InChI=1S/C11H15NS/c1-2-8(1)10-3-4-11-9(7-12-10)5-6-13-11/h5-6,8,10,12H,1-4,7H2. The molecule has 1 aliphatic carbocycles. The highest BCUT2D eigenvalue weighted by atomic mass is 32.1. The normalized spacial score (nSPS) is 28.2. The maximum absolute atomic E-state index is 3.69. The van der Waals surface area contributed by atoms with E-state index < -0.39 is 0 Å². The van der Waals surface area contributed by atoms with Crippen LogP contribution in [0.2, 0.25) is 0 Å². The summed E-state index contributed by atoms with van der Waals surface area (Å²) in [6.45, 7) is 1.11. The molecular formula is C11H15NS. The van der Waals surface area contributed by atoms with Crippen LogP contribution in [0, 0.1) is 5.92 Å². The second-order valence-electron chi connectivity index (χ2n) is 4.23. The molecule has 2 aliphatic rings. The third-order valence-electron chi connectivity index (χ3n) is 3.27. The lowest BCUT2D eigenvalue weighted by Crippen LogP contribution is -2.29. The average molecular weight is 193 g/mol. The van der Waals surface area contributed by atoms with Gasteiger partial charge in [0.05, 0.1) is 0 Å². The van der Waals surface area contributed by atoms with E-state index in [2.05, 4.69) is 16.8 Å². The fourth-order valence-corrected chi connectivity index (χ4v) is 3.20. The number of thiophene rings is 1. The van der Waals surface area contributed by atoms with Crippen LogP contribution in [0.15, 0.2) is 11.4 Å². The first-order chi connectivity index (χ1) is 6.43. The zero-order valence-corrected chi connectivity index (χ0v) is 8.57. The predicted octanol–water partition coefficient (Wildman–Crippen LogP) is 2.56. The van der Waals surface area contributed by atoms with Gasteiger partial charge in [-0.3, -0.25) is 0 Å². The van der Waals surface area contributed by atoms with E-state index >= 15 is 0 Å². The minimum Gasteiger partial charge on any atom is -0.310 e. The van der Waals surface area contributed by atoms with E-state index in [0.717, 1.165) is 18.5 Å². The van der Waals surface area contributed by atoms with Crippen molar-refractivity contribution in [3.63, 3.8) is 0 Å². The molecule has 2 heterocycles. The lowest BCUT2D eigenvalue weighted by atomic mass is 10.1. The first-order valence-corrected chi connectivity index (χ1v) is 6.10. The monoisotopic (exact) mass is 193 g/mol. The molecule has 3 rings (SSSR count). The van der Waals surface area contributed by atoms with E-state index in [1.54, 1.807) is 10.4 Å². The van der Waals surface area contributed by atoms with Gasteiger partial charge in [0.15, 0.2) is 0 Å². The number of fused-ring (bicyclic) bond motifs is 1. The van der Waals surface area contributed by atoms with E-state index in [0.29, 0.717) is 0 Å². The number of aryl methyl sites for hydroxylation is 1. The van der Waals surface area contributed by atoms with Gasteiger partial charge in [-0.1, -0.05) is 0 Å². The van der Waals surface area contributed by atoms with Gasteiger partial charge in [-0.05, 0) is 48.6 Å². The molecule has 0 amide bonds. The number of nitrogens with one attached hydrogen (secondary N) is 1. The van der Waals surface area contributed by atoms with Gasteiger partial charge >= 0.3 is 0 Å². The Hall–Kier alpha value is -0.340. The van der Waals surface area contributed by atoms with E-state index in [9.17, 15) is 0 Å². The summed E-state index contributed by atoms with van der Waals surface area (Å²) in [6, 6.07) is 3.10. The van der Waals surface area contributed by atoms with Crippen molar-refractivity contribution in [1.29, 1.82) is 0 Å². The molecule has 2 heteroatoms. The Kier molecular flexibility index (Phi) is 1.91. The highest BCUT2D eigenvalue weighted by Crippen LogP contribution is 2.36. The Morgan fingerprint density at radius 2 is 2.23 bits per heavy atom. The highest BCUT2D eigenvalue weighted by Gasteiger charge is 2.31. The number of hydrogen-bond donors (Lipinski definition) is 1. The minimum atomic E-state index is 0.819. The maximum atomic E-state index is 3.69. The predicted molar refractivity (Wildman–Crippen MR) is 56.0 cm³/mol. The molecule has 1 fully saturated rings. The first-order valence-electron chi connectivity index (χ1n) is 5.22. The van der Waals surface area contributed by atoms with Crippen LogP contribution in [0.5, 0.6) is 0 Å². The Labute approximate surface area is 83.2 Å². The van der Waals surface area contributed by atoms with Gasteiger partial charge in [-0.2, -0.15) is 0 Å². The van der Waals surface area contributed by atoms with E-state index in [-0.39, 0.29) is 0 Å². The lowest BCUT2D eigenvalue weighted by Gasteiger charge is -2.13. The van der Waals surface area contributed by atoms with Crippen molar-refractivity contribution in [3.05, 3.63) is 21.9 Å². The van der Waals surface area contributed by atoms with Gasteiger partial charge in [0.1, 0.15) is 0 Å². The van der Waals surface area contributed by atoms with Crippen LogP contribution in [0.25, 0.3) is 0 Å². The number of hydrogen-bond acceptors (Lipinski definition) is 2. The molecule has 1 saturated carbocycles. The molecule has 70 valence electrons. The quantitative estimate of drug-likeness (QED) is 0.723. The summed E-state index contributed by atoms with van der Waals surface area (Å²) in [5.41, 5.74) is 1.55. The van der Waals surface area contributed by atoms with Gasteiger partial charge in [0.2, 0.25) is 0 Å². The SMILES string of the molecule is c1cc2c(s1)CCC(C1CC1)NC2. The summed E-state index contributed by atoms with van der Waals surface area (Å²) in [4.78, 5) is 1.62. The average Bonchev–Trinajstić information content (AvgIpc) is 2.90. The fourth-order valence-electron chi connectivity index (χ4n) is 2.27. The molecule has 13 heavy (non-hydrogen) atoms. The van der Waals surface area contributed by atoms with Crippen LogP contribution < -0.4 is 5.32 Å². The second kappa shape index (κ2) is 3.10. The topological polar surface area (TPSA) is 12.0 Å². The van der Waals surface area contributed by atoms with Crippen molar-refractivity contribution < 1.29 is 0 Å². The Morgan fingerprint density at radius 3 is 3.08 bits per heavy atom. The zero-order chi connectivity index (χ0) is 8.67. The van der Waals surface area contributed by atoms with Crippen LogP contribution in [0.4, 0.5) is 0 Å². The van der Waals surface area contributed by atoms with Crippen molar-refractivity contribution in [2.45, 2.75) is 38.3 Å². The minimum absolute atomic E-state index is 0.819. The third-order valence-corrected chi connectivity index (χ3v) is 4.29. The molecule has 0 aromatic carbocycles. The molecule has 0 spiro atoms. The molecule has 0 radical (unpaired) electrons. The summed E-state index contributed by atoms with van der Waals surface area (Å²) in [7, 11) is 0. The molecule has 1 unspecified atom stereocenters. The summed E-state index contributed by atoms with van der Waals surface area (Å²) in [5.74, 6) is 1.01. The van der Waals surface area contributed by atoms with Gasteiger partial charge in [-0.25, -0.2) is 0 Å². The van der Waals surface area contributed by atoms with Crippen LogP contribution in [0.3, 0.4) is 0 Å². The Balaban J connectivity index is 1.75. The molecule has 1 N–H and O–H groups in total. The summed E-state index contributed by atoms with van der Waals surface area (Å²) in [5, 5.41) is 5.92. The number of rotatable bonds is 1. The van der Waals surface area contributed by atoms with Crippen LogP contribution in [0.1, 0.15) is 29.7 Å². The molecule has 1 aromatic heterocycles. The molecule has 0 saturated heterocycles. The van der Waals surface area contributed by atoms with Crippen molar-refractivity contribution in [2.24, 2.45) is 5.92 Å². The van der Waals surface area contributed by atoms with E-state index in [1.807, 2.05) is 11.3 Å². The third kappa shape index (κ3) is 1.53. The van der Waals surface area contributed by atoms with E-state index in [4.69, 9.17) is 0 Å². The largest absolute Gasteiger partial charge is 0.310 e. The van der Waals surface area contributed by atoms with Gasteiger partial charge in [0.25, 0.3) is 0 Å². The lowest BCUT2D eigenvalue weighted by molar-refractivity contribution is 0.448. The van der Waals surface area contributed by atoms with Crippen molar-refractivity contribution in [1.82, 2.24) is 5.32 Å². The first kappa shape index (κ1) is 8.01. The fraction of sp³-hybridized carbons (Fsp3) is 0.636. The van der Waals surface area contributed by atoms with Gasteiger partial charge in [-0.15, -0.1) is 11.3 Å². The van der Waals surface area contributed by atoms with E-state index in [1.165, 1.54) is 25.7 Å². The van der Waals surface area contributed by atoms with Crippen molar-refractivity contribution in [3.8, 4) is 0 Å². The molecule has 1 atom stereocenters. The summed E-state index contributed by atoms with van der Waals surface area (Å²) < 4.78 is 0. The van der Waals surface area contributed by atoms with Crippen molar-refractivity contribution >= 4 is 11.3 Å². The van der Waals surface area contributed by atoms with Gasteiger partial charge < -0.3 is 5.32 Å². The zero-order valence-electron chi connectivity index (χ0n) is 7.75. The van der Waals surface area contributed by atoms with Crippen LogP contribution in [-0.2, 0) is 13.0 Å². The summed E-state index contributed by atoms with van der Waals surface area (Å²) in [6.07, 6.45) is 5.59.